The molecule has 3 aromatic rings. The van der Waals surface area contributed by atoms with Crippen LogP contribution in [0.5, 0.6) is 0 Å². The summed E-state index contributed by atoms with van der Waals surface area (Å²) in [4.78, 5) is 41.5. The second kappa shape index (κ2) is 9.31. The van der Waals surface area contributed by atoms with Gasteiger partial charge in [0.25, 0.3) is 5.91 Å². The van der Waals surface area contributed by atoms with Crippen molar-refractivity contribution in [3.63, 3.8) is 0 Å². The first-order valence-electron chi connectivity index (χ1n) is 10.9. The van der Waals surface area contributed by atoms with Crippen LogP contribution < -0.4 is 16.4 Å². The number of aromatic nitrogens is 2. The number of hydrogen-bond donors (Lipinski definition) is 2. The molecular formula is C24H28N4O3. The van der Waals surface area contributed by atoms with Gasteiger partial charge < -0.3 is 14.9 Å². The Bertz CT molecular complexity index is 1190. The van der Waals surface area contributed by atoms with Crippen molar-refractivity contribution in [1.82, 2.24) is 19.8 Å². The van der Waals surface area contributed by atoms with Crippen LogP contribution in [-0.2, 0) is 19.6 Å². The lowest BCUT2D eigenvalue weighted by Crippen LogP contribution is -2.36. The molecular weight excluding hydrogens is 392 g/mol. The van der Waals surface area contributed by atoms with Gasteiger partial charge in [-0.3, -0.25) is 19.3 Å². The zero-order valence-corrected chi connectivity index (χ0v) is 17.8. The Hall–Kier alpha value is -3.19. The minimum Gasteiger partial charge on any atom is -0.348 e. The Balaban J connectivity index is 1.41. The van der Waals surface area contributed by atoms with E-state index in [2.05, 4.69) is 39.5 Å². The molecule has 0 atom stereocenters. The number of fused-ring (bicyclic) bond motifs is 1. The van der Waals surface area contributed by atoms with Gasteiger partial charge in [-0.2, -0.15) is 0 Å². The topological polar surface area (TPSA) is 87.2 Å². The van der Waals surface area contributed by atoms with E-state index in [0.717, 1.165) is 12.1 Å². The SMILES string of the molecule is CCn1c(=O)c(=O)[nH]c2cc(C(=O)NCc3ccc(CN4CCCCC4)cc3)ccc21. The van der Waals surface area contributed by atoms with E-state index in [1.54, 1.807) is 25.1 Å². The van der Waals surface area contributed by atoms with Crippen molar-refractivity contribution in [2.45, 2.75) is 45.8 Å². The summed E-state index contributed by atoms with van der Waals surface area (Å²) in [7, 11) is 0. The number of rotatable bonds is 6. The molecule has 0 radical (unpaired) electrons. The monoisotopic (exact) mass is 420 g/mol. The lowest BCUT2D eigenvalue weighted by molar-refractivity contribution is 0.0951. The highest BCUT2D eigenvalue weighted by Crippen LogP contribution is 2.14. The summed E-state index contributed by atoms with van der Waals surface area (Å²) in [5.41, 5.74) is 2.56. The number of nitrogens with one attached hydrogen (secondary N) is 2. The molecule has 1 amide bonds. The summed E-state index contributed by atoms with van der Waals surface area (Å²) in [5, 5.41) is 2.93. The fourth-order valence-corrected chi connectivity index (χ4v) is 4.16. The first-order chi connectivity index (χ1) is 15.0. The molecule has 1 aliphatic heterocycles. The maximum Gasteiger partial charge on any atom is 0.316 e. The van der Waals surface area contributed by atoms with Gasteiger partial charge >= 0.3 is 11.1 Å². The first kappa shape index (κ1) is 21.1. The number of hydrogen-bond acceptors (Lipinski definition) is 4. The zero-order valence-electron chi connectivity index (χ0n) is 17.8. The largest absolute Gasteiger partial charge is 0.348 e. The molecule has 162 valence electrons. The molecule has 2 aromatic carbocycles. The van der Waals surface area contributed by atoms with Crippen LogP contribution in [0.1, 0.15) is 47.7 Å². The normalized spacial score (nSPS) is 14.6. The Morgan fingerprint density at radius 3 is 2.42 bits per heavy atom. The summed E-state index contributed by atoms with van der Waals surface area (Å²) in [5.74, 6) is -0.227. The number of carbonyl (C=O) groups excluding carboxylic acids is 1. The van der Waals surface area contributed by atoms with Gasteiger partial charge in [-0.1, -0.05) is 30.7 Å². The van der Waals surface area contributed by atoms with Crippen molar-refractivity contribution >= 4 is 16.9 Å². The minimum absolute atomic E-state index is 0.227. The average molecular weight is 421 g/mol. The Morgan fingerprint density at radius 2 is 1.71 bits per heavy atom. The summed E-state index contributed by atoms with van der Waals surface area (Å²) in [6.07, 6.45) is 3.90. The summed E-state index contributed by atoms with van der Waals surface area (Å²) >= 11 is 0. The second-order valence-electron chi connectivity index (χ2n) is 8.07. The third kappa shape index (κ3) is 4.77. The van der Waals surface area contributed by atoms with Gasteiger partial charge in [0.05, 0.1) is 11.0 Å². The number of benzene rings is 2. The molecule has 0 aliphatic carbocycles. The molecule has 0 spiro atoms. The molecule has 0 saturated carbocycles. The number of aromatic amines is 1. The van der Waals surface area contributed by atoms with Gasteiger partial charge in [-0.05, 0) is 62.2 Å². The minimum atomic E-state index is -0.684. The van der Waals surface area contributed by atoms with E-state index in [1.165, 1.54) is 42.5 Å². The number of piperidine rings is 1. The van der Waals surface area contributed by atoms with Crippen LogP contribution in [0.15, 0.2) is 52.1 Å². The van der Waals surface area contributed by atoms with Crippen LogP contribution in [0.4, 0.5) is 0 Å². The van der Waals surface area contributed by atoms with E-state index in [1.807, 2.05) is 0 Å². The molecule has 2 heterocycles. The van der Waals surface area contributed by atoms with Crippen molar-refractivity contribution in [3.05, 3.63) is 79.9 Å². The van der Waals surface area contributed by atoms with Crippen molar-refractivity contribution < 1.29 is 4.79 Å². The number of carbonyl (C=O) groups is 1. The number of H-pyrrole nitrogens is 1. The van der Waals surface area contributed by atoms with E-state index in [0.29, 0.717) is 29.7 Å². The summed E-state index contributed by atoms with van der Waals surface area (Å²) < 4.78 is 1.40. The highest BCUT2D eigenvalue weighted by Gasteiger charge is 2.12. The van der Waals surface area contributed by atoms with Crippen molar-refractivity contribution in [3.8, 4) is 0 Å². The second-order valence-corrected chi connectivity index (χ2v) is 8.07. The van der Waals surface area contributed by atoms with Crippen molar-refractivity contribution in [2.75, 3.05) is 13.1 Å². The van der Waals surface area contributed by atoms with Crippen LogP contribution in [0.2, 0.25) is 0 Å². The van der Waals surface area contributed by atoms with Crippen LogP contribution in [0.3, 0.4) is 0 Å². The Kier molecular flexibility index (Phi) is 6.32. The number of likely N-dealkylation sites (tertiary alicyclic amines) is 1. The molecule has 7 heteroatoms. The molecule has 7 nitrogen and oxygen atoms in total. The van der Waals surface area contributed by atoms with Crippen LogP contribution in [0, 0.1) is 0 Å². The van der Waals surface area contributed by atoms with Crippen molar-refractivity contribution in [2.24, 2.45) is 0 Å². The molecule has 31 heavy (non-hydrogen) atoms. The summed E-state index contributed by atoms with van der Waals surface area (Å²) in [6.45, 7) is 5.93. The van der Waals surface area contributed by atoms with Gasteiger partial charge in [-0.25, -0.2) is 0 Å². The molecule has 0 unspecified atom stereocenters. The van der Waals surface area contributed by atoms with Crippen LogP contribution >= 0.6 is 0 Å². The number of nitrogens with zero attached hydrogens (tertiary/aromatic N) is 2. The third-order valence-electron chi connectivity index (χ3n) is 5.88. The maximum atomic E-state index is 12.6. The lowest BCUT2D eigenvalue weighted by Gasteiger charge is -2.26. The maximum absolute atomic E-state index is 12.6. The number of aryl methyl sites for hydroxylation is 1. The average Bonchev–Trinajstić information content (AvgIpc) is 2.79. The highest BCUT2D eigenvalue weighted by molar-refractivity contribution is 5.97. The molecule has 2 N–H and O–H groups in total. The van der Waals surface area contributed by atoms with E-state index in [9.17, 15) is 14.4 Å². The lowest BCUT2D eigenvalue weighted by atomic mass is 10.1. The van der Waals surface area contributed by atoms with Gasteiger partial charge in [0, 0.05) is 25.2 Å². The van der Waals surface area contributed by atoms with E-state index in [4.69, 9.17) is 0 Å². The molecule has 1 aromatic heterocycles. The molecule has 4 rings (SSSR count). The van der Waals surface area contributed by atoms with Gasteiger partial charge in [0.2, 0.25) is 0 Å². The van der Waals surface area contributed by atoms with Gasteiger partial charge in [0.1, 0.15) is 0 Å². The van der Waals surface area contributed by atoms with Crippen molar-refractivity contribution in [1.29, 1.82) is 0 Å². The predicted molar refractivity (Wildman–Crippen MR) is 121 cm³/mol. The third-order valence-corrected chi connectivity index (χ3v) is 5.88. The highest BCUT2D eigenvalue weighted by atomic mass is 16.2. The van der Waals surface area contributed by atoms with E-state index in [-0.39, 0.29) is 5.91 Å². The molecule has 0 bridgehead atoms. The standard InChI is InChI=1S/C24H28N4O3/c1-2-28-21-11-10-19(14-20(21)26-23(30)24(28)31)22(29)25-15-17-6-8-18(9-7-17)16-27-12-4-3-5-13-27/h6-11,14H,2-5,12-13,15-16H2,1H3,(H,25,29)(H,26,30). The molecule has 1 fully saturated rings. The summed E-state index contributed by atoms with van der Waals surface area (Å²) in [6, 6.07) is 13.3. The van der Waals surface area contributed by atoms with Gasteiger partial charge in [-0.15, -0.1) is 0 Å². The fraction of sp³-hybridized carbons (Fsp3) is 0.375. The zero-order chi connectivity index (χ0) is 21.8. The smallest absolute Gasteiger partial charge is 0.316 e. The Morgan fingerprint density at radius 1 is 1.00 bits per heavy atom. The van der Waals surface area contributed by atoms with E-state index < -0.39 is 11.1 Å². The van der Waals surface area contributed by atoms with Crippen LogP contribution in [0.25, 0.3) is 11.0 Å². The molecule has 1 saturated heterocycles. The first-order valence-corrected chi connectivity index (χ1v) is 10.9. The van der Waals surface area contributed by atoms with E-state index >= 15 is 0 Å². The number of amides is 1. The predicted octanol–water partition coefficient (Wildman–Crippen LogP) is 2.63. The Labute approximate surface area is 180 Å². The quantitative estimate of drug-likeness (QED) is 0.600. The molecule has 1 aliphatic rings. The fourth-order valence-electron chi connectivity index (χ4n) is 4.16. The van der Waals surface area contributed by atoms with Gasteiger partial charge in [0.15, 0.2) is 0 Å². The van der Waals surface area contributed by atoms with Crippen LogP contribution in [-0.4, -0.2) is 33.4 Å².